The molecule has 176 valence electrons. The molecule has 0 saturated carbocycles. The highest BCUT2D eigenvalue weighted by molar-refractivity contribution is 14.0. The number of anilines is 1. The van der Waals surface area contributed by atoms with Gasteiger partial charge in [-0.25, -0.2) is 4.99 Å². The van der Waals surface area contributed by atoms with Gasteiger partial charge in [0.25, 0.3) is 0 Å². The van der Waals surface area contributed by atoms with Gasteiger partial charge in [0.05, 0.1) is 19.8 Å². The Bertz CT molecular complexity index is 874. The van der Waals surface area contributed by atoms with Crippen LogP contribution in [-0.4, -0.2) is 45.2 Å². The fraction of sp³-hybridized carbons (Fsp3) is 0.409. The number of hydrogen-bond donors (Lipinski definition) is 2. The lowest BCUT2D eigenvalue weighted by Gasteiger charge is -2.30. The first-order valence-electron chi connectivity index (χ1n) is 10.2. The van der Waals surface area contributed by atoms with Crippen molar-refractivity contribution in [3.05, 3.63) is 59.7 Å². The van der Waals surface area contributed by atoms with Crippen LogP contribution in [0.3, 0.4) is 0 Å². The van der Waals surface area contributed by atoms with Gasteiger partial charge in [0, 0.05) is 37.4 Å². The summed E-state index contributed by atoms with van der Waals surface area (Å²) in [5, 5.41) is 6.40. The minimum atomic E-state index is -4.74. The van der Waals surface area contributed by atoms with E-state index in [2.05, 4.69) is 31.3 Å². The van der Waals surface area contributed by atoms with E-state index in [4.69, 9.17) is 4.74 Å². The summed E-state index contributed by atoms with van der Waals surface area (Å²) in [5.41, 5.74) is 2.60. The van der Waals surface area contributed by atoms with E-state index in [0.29, 0.717) is 37.8 Å². The number of hydrogen-bond acceptors (Lipinski definition) is 4. The molecule has 2 aromatic rings. The number of para-hydroxylation sites is 2. The second-order valence-corrected chi connectivity index (χ2v) is 6.93. The van der Waals surface area contributed by atoms with Crippen molar-refractivity contribution < 1.29 is 22.6 Å². The van der Waals surface area contributed by atoms with E-state index in [9.17, 15) is 13.2 Å². The standard InChI is InChI=1S/C22H27F3N4O2.HI/c1-2-26-21(28-16-18-8-4-6-10-20(18)31-22(23,24)25)27-15-17-7-3-5-9-19(17)29-11-13-30-14-12-29;/h3-10H,2,11-16H2,1H3,(H2,26,27,28);1H. The molecule has 6 nitrogen and oxygen atoms in total. The topological polar surface area (TPSA) is 58.1 Å². The van der Waals surface area contributed by atoms with Crippen molar-refractivity contribution in [1.82, 2.24) is 10.6 Å². The summed E-state index contributed by atoms with van der Waals surface area (Å²) in [7, 11) is 0. The molecule has 0 atom stereocenters. The second-order valence-electron chi connectivity index (χ2n) is 6.93. The van der Waals surface area contributed by atoms with Crippen molar-refractivity contribution in [2.24, 2.45) is 4.99 Å². The molecule has 0 amide bonds. The molecule has 0 aromatic heterocycles. The van der Waals surface area contributed by atoms with Gasteiger partial charge in [-0.3, -0.25) is 0 Å². The van der Waals surface area contributed by atoms with Crippen LogP contribution in [0.2, 0.25) is 0 Å². The number of aliphatic imine (C=N–C) groups is 1. The minimum absolute atomic E-state index is 0. The number of guanidine groups is 1. The fourth-order valence-electron chi connectivity index (χ4n) is 3.32. The van der Waals surface area contributed by atoms with Crippen LogP contribution in [0.4, 0.5) is 18.9 Å². The van der Waals surface area contributed by atoms with E-state index >= 15 is 0 Å². The lowest BCUT2D eigenvalue weighted by atomic mass is 10.1. The molecule has 0 bridgehead atoms. The Morgan fingerprint density at radius 3 is 2.38 bits per heavy atom. The third-order valence-corrected chi connectivity index (χ3v) is 4.74. The maximum atomic E-state index is 12.6. The van der Waals surface area contributed by atoms with Crippen molar-refractivity contribution in [1.29, 1.82) is 0 Å². The van der Waals surface area contributed by atoms with Gasteiger partial charge in [0.15, 0.2) is 5.96 Å². The van der Waals surface area contributed by atoms with E-state index < -0.39 is 6.36 Å². The SMILES string of the molecule is CCNC(=NCc1ccccc1OC(F)(F)F)NCc1ccccc1N1CCOCC1.I. The molecular formula is C22H28F3IN4O2. The van der Waals surface area contributed by atoms with E-state index in [1.54, 1.807) is 12.1 Å². The number of benzene rings is 2. The Labute approximate surface area is 203 Å². The van der Waals surface area contributed by atoms with Gasteiger partial charge in [0.1, 0.15) is 5.75 Å². The maximum Gasteiger partial charge on any atom is 0.573 e. The molecule has 2 N–H and O–H groups in total. The van der Waals surface area contributed by atoms with Crippen LogP contribution in [0.1, 0.15) is 18.1 Å². The first-order valence-corrected chi connectivity index (χ1v) is 10.2. The van der Waals surface area contributed by atoms with E-state index in [-0.39, 0.29) is 36.3 Å². The van der Waals surface area contributed by atoms with Gasteiger partial charge in [-0.05, 0) is 24.6 Å². The summed E-state index contributed by atoms with van der Waals surface area (Å²) < 4.78 is 47.5. The summed E-state index contributed by atoms with van der Waals surface area (Å²) in [5.74, 6) is 0.272. The van der Waals surface area contributed by atoms with Gasteiger partial charge in [-0.15, -0.1) is 37.1 Å². The Kier molecular flexibility index (Phi) is 10.4. The van der Waals surface area contributed by atoms with Gasteiger partial charge in [0.2, 0.25) is 0 Å². The highest BCUT2D eigenvalue weighted by Gasteiger charge is 2.31. The van der Waals surface area contributed by atoms with Crippen LogP contribution >= 0.6 is 24.0 Å². The summed E-state index contributed by atoms with van der Waals surface area (Å²) in [6.45, 7) is 6.20. The predicted octanol–water partition coefficient (Wildman–Crippen LogP) is 4.30. The average molecular weight is 564 g/mol. The second kappa shape index (κ2) is 12.7. The normalized spacial score (nSPS) is 14.5. The highest BCUT2D eigenvalue weighted by Crippen LogP contribution is 2.26. The lowest BCUT2D eigenvalue weighted by Crippen LogP contribution is -2.39. The molecular weight excluding hydrogens is 536 g/mol. The number of halogens is 4. The van der Waals surface area contributed by atoms with Crippen LogP contribution in [0.25, 0.3) is 0 Å². The summed E-state index contributed by atoms with van der Waals surface area (Å²) in [4.78, 5) is 6.73. The van der Waals surface area contributed by atoms with E-state index in [0.717, 1.165) is 24.3 Å². The molecule has 10 heteroatoms. The van der Waals surface area contributed by atoms with Crippen LogP contribution in [0.15, 0.2) is 53.5 Å². The fourth-order valence-corrected chi connectivity index (χ4v) is 3.32. The first kappa shape index (κ1) is 26.0. The van der Waals surface area contributed by atoms with Gasteiger partial charge < -0.3 is 25.0 Å². The molecule has 2 aromatic carbocycles. The number of nitrogens with zero attached hydrogens (tertiary/aromatic N) is 2. The van der Waals surface area contributed by atoms with E-state index in [1.165, 1.54) is 12.1 Å². The third-order valence-electron chi connectivity index (χ3n) is 4.74. The third kappa shape index (κ3) is 8.05. The van der Waals surface area contributed by atoms with Crippen LogP contribution < -0.4 is 20.3 Å². The van der Waals surface area contributed by atoms with Crippen molar-refractivity contribution in [2.75, 3.05) is 37.7 Å². The predicted molar refractivity (Wildman–Crippen MR) is 130 cm³/mol. The zero-order valence-corrected chi connectivity index (χ0v) is 20.2. The molecule has 0 aliphatic carbocycles. The van der Waals surface area contributed by atoms with Crippen molar-refractivity contribution in [3.8, 4) is 5.75 Å². The largest absolute Gasteiger partial charge is 0.573 e. The number of morpholine rings is 1. The van der Waals surface area contributed by atoms with Crippen LogP contribution in [0.5, 0.6) is 5.75 Å². The van der Waals surface area contributed by atoms with Crippen molar-refractivity contribution >= 4 is 35.6 Å². The quantitative estimate of drug-likeness (QED) is 0.299. The van der Waals surface area contributed by atoms with Crippen LogP contribution in [-0.2, 0) is 17.8 Å². The first-order chi connectivity index (χ1) is 15.0. The molecule has 1 heterocycles. The van der Waals surface area contributed by atoms with Crippen molar-refractivity contribution in [3.63, 3.8) is 0 Å². The van der Waals surface area contributed by atoms with Gasteiger partial charge in [-0.1, -0.05) is 36.4 Å². The minimum Gasteiger partial charge on any atom is -0.405 e. The molecule has 1 aliphatic rings. The van der Waals surface area contributed by atoms with E-state index in [1.807, 2.05) is 25.1 Å². The summed E-state index contributed by atoms with van der Waals surface area (Å²) in [6.07, 6.45) is -4.74. The summed E-state index contributed by atoms with van der Waals surface area (Å²) >= 11 is 0. The van der Waals surface area contributed by atoms with Crippen LogP contribution in [0, 0.1) is 0 Å². The Balaban J connectivity index is 0.00000363. The zero-order valence-electron chi connectivity index (χ0n) is 17.8. The maximum absolute atomic E-state index is 12.6. The smallest absolute Gasteiger partial charge is 0.405 e. The average Bonchev–Trinajstić information content (AvgIpc) is 2.76. The Hall–Kier alpha value is -2.21. The zero-order chi connectivity index (χ0) is 22.1. The molecule has 1 aliphatic heterocycles. The monoisotopic (exact) mass is 564 g/mol. The molecule has 1 saturated heterocycles. The Morgan fingerprint density at radius 1 is 1.03 bits per heavy atom. The number of rotatable bonds is 7. The number of alkyl halides is 3. The molecule has 1 fully saturated rings. The molecule has 3 rings (SSSR count). The molecule has 0 spiro atoms. The molecule has 32 heavy (non-hydrogen) atoms. The molecule has 0 unspecified atom stereocenters. The Morgan fingerprint density at radius 2 is 1.69 bits per heavy atom. The summed E-state index contributed by atoms with van der Waals surface area (Å²) in [6, 6.07) is 14.1. The number of ether oxygens (including phenoxy) is 2. The highest BCUT2D eigenvalue weighted by atomic mass is 127. The van der Waals surface area contributed by atoms with Gasteiger partial charge >= 0.3 is 6.36 Å². The number of nitrogens with one attached hydrogen (secondary N) is 2. The lowest BCUT2D eigenvalue weighted by molar-refractivity contribution is -0.274. The molecule has 0 radical (unpaired) electrons. The van der Waals surface area contributed by atoms with Crippen molar-refractivity contribution in [2.45, 2.75) is 26.4 Å². The van der Waals surface area contributed by atoms with Gasteiger partial charge in [-0.2, -0.15) is 0 Å².